The zero-order valence-corrected chi connectivity index (χ0v) is 15.6. The van der Waals surface area contributed by atoms with E-state index in [4.69, 9.17) is 4.98 Å². The second-order valence-electron chi connectivity index (χ2n) is 6.98. The van der Waals surface area contributed by atoms with Gasteiger partial charge in [0.05, 0.1) is 17.3 Å². The van der Waals surface area contributed by atoms with Crippen molar-refractivity contribution in [3.63, 3.8) is 0 Å². The highest BCUT2D eigenvalue weighted by Gasteiger charge is 2.30. The van der Waals surface area contributed by atoms with Crippen LogP contribution >= 0.6 is 11.8 Å². The number of amides is 1. The molecule has 1 fully saturated rings. The number of carbonyl (C=O) groups is 1. The van der Waals surface area contributed by atoms with Crippen LogP contribution in [-0.2, 0) is 4.79 Å². The maximum Gasteiger partial charge on any atom is 0.231 e. The van der Waals surface area contributed by atoms with Crippen molar-refractivity contribution in [1.82, 2.24) is 15.3 Å². The largest absolute Gasteiger partial charge is 0.337 e. The molecule has 1 saturated carbocycles. The van der Waals surface area contributed by atoms with Crippen LogP contribution in [0.5, 0.6) is 0 Å². The smallest absolute Gasteiger partial charge is 0.231 e. The van der Waals surface area contributed by atoms with Crippen LogP contribution in [0.25, 0.3) is 10.9 Å². The molecular weight excluding hydrogens is 332 g/mol. The average molecular weight is 354 g/mol. The van der Waals surface area contributed by atoms with Gasteiger partial charge in [-0.05, 0) is 31.7 Å². The number of aromatic nitrogens is 2. The SMILES string of the molecule is CC(C)[C@](C)(C#N)NC(=O)CSc1nc(C2CC2)nc2ccccc12. The van der Waals surface area contributed by atoms with Gasteiger partial charge in [0.2, 0.25) is 5.91 Å². The Kier molecular flexibility index (Phi) is 4.96. The second-order valence-corrected chi connectivity index (χ2v) is 7.95. The average Bonchev–Trinajstić information content (AvgIpc) is 3.44. The minimum Gasteiger partial charge on any atom is -0.337 e. The fourth-order valence-corrected chi connectivity index (χ4v) is 3.29. The van der Waals surface area contributed by atoms with Gasteiger partial charge >= 0.3 is 0 Å². The maximum absolute atomic E-state index is 12.3. The van der Waals surface area contributed by atoms with Crippen molar-refractivity contribution < 1.29 is 4.79 Å². The first kappa shape index (κ1) is 17.7. The highest BCUT2D eigenvalue weighted by molar-refractivity contribution is 8.00. The second kappa shape index (κ2) is 7.01. The number of nitriles is 1. The molecule has 1 aliphatic rings. The highest BCUT2D eigenvalue weighted by Crippen LogP contribution is 2.39. The summed E-state index contributed by atoms with van der Waals surface area (Å²) in [5.41, 5.74) is 0.0660. The van der Waals surface area contributed by atoms with Gasteiger partial charge in [-0.15, -0.1) is 0 Å². The van der Waals surface area contributed by atoms with Crippen molar-refractivity contribution in [2.24, 2.45) is 5.92 Å². The van der Waals surface area contributed by atoms with Gasteiger partial charge in [-0.3, -0.25) is 4.79 Å². The summed E-state index contributed by atoms with van der Waals surface area (Å²) in [6, 6.07) is 10.1. The van der Waals surface area contributed by atoms with E-state index in [2.05, 4.69) is 16.4 Å². The summed E-state index contributed by atoms with van der Waals surface area (Å²) < 4.78 is 0. The third-order valence-corrected chi connectivity index (χ3v) is 5.65. The molecule has 0 bridgehead atoms. The molecule has 1 amide bonds. The van der Waals surface area contributed by atoms with E-state index in [-0.39, 0.29) is 17.6 Å². The lowest BCUT2D eigenvalue weighted by Gasteiger charge is -2.27. The number of hydrogen-bond acceptors (Lipinski definition) is 5. The molecule has 2 aromatic rings. The van der Waals surface area contributed by atoms with Gasteiger partial charge in [0.25, 0.3) is 0 Å². The summed E-state index contributed by atoms with van der Waals surface area (Å²) >= 11 is 1.41. The van der Waals surface area contributed by atoms with E-state index in [0.29, 0.717) is 5.92 Å². The van der Waals surface area contributed by atoms with Gasteiger partial charge < -0.3 is 5.32 Å². The molecule has 1 aromatic heterocycles. The Balaban J connectivity index is 1.77. The first-order chi connectivity index (χ1) is 11.9. The van der Waals surface area contributed by atoms with Crippen LogP contribution in [0.2, 0.25) is 0 Å². The van der Waals surface area contributed by atoms with E-state index in [1.165, 1.54) is 11.8 Å². The quantitative estimate of drug-likeness (QED) is 0.633. The molecule has 25 heavy (non-hydrogen) atoms. The minimum atomic E-state index is -0.857. The van der Waals surface area contributed by atoms with E-state index in [9.17, 15) is 10.1 Å². The van der Waals surface area contributed by atoms with Crippen LogP contribution in [0, 0.1) is 17.2 Å². The fraction of sp³-hybridized carbons (Fsp3) is 0.474. The predicted molar refractivity (Wildman–Crippen MR) is 99.2 cm³/mol. The van der Waals surface area contributed by atoms with Crippen molar-refractivity contribution >= 4 is 28.6 Å². The van der Waals surface area contributed by atoms with Gasteiger partial charge in [0, 0.05) is 11.3 Å². The van der Waals surface area contributed by atoms with Crippen molar-refractivity contribution in [3.8, 4) is 6.07 Å². The first-order valence-electron chi connectivity index (χ1n) is 8.54. The van der Waals surface area contributed by atoms with Gasteiger partial charge in [-0.25, -0.2) is 9.97 Å². The van der Waals surface area contributed by atoms with Crippen molar-refractivity contribution in [2.45, 2.75) is 50.1 Å². The van der Waals surface area contributed by atoms with Gasteiger partial charge in [0.15, 0.2) is 0 Å². The Morgan fingerprint density at radius 1 is 1.40 bits per heavy atom. The number of carbonyl (C=O) groups excluding carboxylic acids is 1. The molecule has 1 aromatic carbocycles. The van der Waals surface area contributed by atoms with Crippen LogP contribution < -0.4 is 5.32 Å². The van der Waals surface area contributed by atoms with Crippen LogP contribution in [0.3, 0.4) is 0 Å². The van der Waals surface area contributed by atoms with Crippen LogP contribution in [0.4, 0.5) is 0 Å². The van der Waals surface area contributed by atoms with Crippen LogP contribution in [0.15, 0.2) is 29.3 Å². The Morgan fingerprint density at radius 2 is 2.12 bits per heavy atom. The highest BCUT2D eigenvalue weighted by atomic mass is 32.2. The molecule has 5 nitrogen and oxygen atoms in total. The molecular formula is C19H22N4OS. The van der Waals surface area contributed by atoms with E-state index in [1.54, 1.807) is 6.92 Å². The number of rotatable bonds is 6. The summed E-state index contributed by atoms with van der Waals surface area (Å²) in [6.07, 6.45) is 2.27. The molecule has 1 aliphatic carbocycles. The number of fused-ring (bicyclic) bond motifs is 1. The van der Waals surface area contributed by atoms with E-state index >= 15 is 0 Å². The number of nitrogens with one attached hydrogen (secondary N) is 1. The predicted octanol–water partition coefficient (Wildman–Crippen LogP) is 3.65. The lowest BCUT2D eigenvalue weighted by molar-refractivity contribution is -0.120. The Labute approximate surface area is 152 Å². The summed E-state index contributed by atoms with van der Waals surface area (Å²) in [6.45, 7) is 5.61. The molecule has 130 valence electrons. The Bertz CT molecular complexity index is 841. The third kappa shape index (κ3) is 3.93. The van der Waals surface area contributed by atoms with Gasteiger partial charge in [0.1, 0.15) is 16.4 Å². The topological polar surface area (TPSA) is 78.7 Å². The number of para-hydroxylation sites is 1. The minimum absolute atomic E-state index is 0.0350. The van der Waals surface area contributed by atoms with Crippen molar-refractivity contribution in [3.05, 3.63) is 30.1 Å². The molecule has 0 unspecified atom stereocenters. The molecule has 0 radical (unpaired) electrons. The van der Waals surface area contributed by atoms with Gasteiger partial charge in [-0.2, -0.15) is 5.26 Å². The number of thioether (sulfide) groups is 1. The van der Waals surface area contributed by atoms with E-state index < -0.39 is 5.54 Å². The third-order valence-electron chi connectivity index (χ3n) is 4.65. The fourth-order valence-electron chi connectivity index (χ4n) is 2.46. The molecule has 1 heterocycles. The van der Waals surface area contributed by atoms with Gasteiger partial charge in [-0.1, -0.05) is 43.8 Å². The Morgan fingerprint density at radius 3 is 2.76 bits per heavy atom. The normalized spacial score (nSPS) is 16.4. The maximum atomic E-state index is 12.3. The number of hydrogen-bond donors (Lipinski definition) is 1. The molecule has 0 spiro atoms. The summed E-state index contributed by atoms with van der Waals surface area (Å²) in [7, 11) is 0. The standard InChI is InChI=1S/C19H22N4OS/c1-12(2)19(3,11-20)23-16(24)10-25-18-14-6-4-5-7-15(14)21-17(22-18)13-8-9-13/h4-7,12-13H,8-10H2,1-3H3,(H,23,24)/t19-/m0/s1. The van der Waals surface area contributed by atoms with Crippen molar-refractivity contribution in [1.29, 1.82) is 5.26 Å². The summed E-state index contributed by atoms with van der Waals surface area (Å²) in [4.78, 5) is 21.7. The van der Waals surface area contributed by atoms with E-state index in [1.807, 2.05) is 38.1 Å². The molecule has 1 N–H and O–H groups in total. The van der Waals surface area contributed by atoms with E-state index in [0.717, 1.165) is 34.6 Å². The molecule has 0 saturated heterocycles. The first-order valence-corrected chi connectivity index (χ1v) is 9.53. The monoisotopic (exact) mass is 354 g/mol. The molecule has 1 atom stereocenters. The molecule has 3 rings (SSSR count). The summed E-state index contributed by atoms with van der Waals surface area (Å²) in [5, 5.41) is 14.0. The van der Waals surface area contributed by atoms with Crippen molar-refractivity contribution in [2.75, 3.05) is 5.75 Å². The summed E-state index contributed by atoms with van der Waals surface area (Å²) in [5.74, 6) is 1.45. The number of nitrogens with zero attached hydrogens (tertiary/aromatic N) is 3. The lowest BCUT2D eigenvalue weighted by Crippen LogP contribution is -2.49. The number of benzene rings is 1. The lowest BCUT2D eigenvalue weighted by atomic mass is 9.90. The molecule has 6 heteroatoms. The van der Waals surface area contributed by atoms with Crippen LogP contribution in [0.1, 0.15) is 45.4 Å². The molecule has 0 aliphatic heterocycles. The Hall–Kier alpha value is -2.13. The van der Waals surface area contributed by atoms with Crippen LogP contribution in [-0.4, -0.2) is 27.2 Å². The zero-order chi connectivity index (χ0) is 18.0. The zero-order valence-electron chi connectivity index (χ0n) is 14.7.